The predicted molar refractivity (Wildman–Crippen MR) is 103 cm³/mol. The highest BCUT2D eigenvalue weighted by Crippen LogP contribution is 2.32. The molecule has 12 heteroatoms. The number of nitrogens with zero attached hydrogens (tertiary/aromatic N) is 2. The molecule has 1 aliphatic rings. The van der Waals surface area contributed by atoms with E-state index in [-0.39, 0.29) is 12.2 Å². The van der Waals surface area contributed by atoms with E-state index in [0.29, 0.717) is 35.9 Å². The zero-order chi connectivity index (χ0) is 21.8. The minimum absolute atomic E-state index is 0.0971. The van der Waals surface area contributed by atoms with E-state index in [2.05, 4.69) is 15.3 Å². The van der Waals surface area contributed by atoms with E-state index in [1.54, 1.807) is 17.0 Å². The van der Waals surface area contributed by atoms with Crippen molar-refractivity contribution in [1.29, 1.82) is 0 Å². The lowest BCUT2D eigenvalue weighted by Gasteiger charge is -2.27. The van der Waals surface area contributed by atoms with E-state index in [4.69, 9.17) is 20.4 Å². The molecule has 3 rings (SSSR count). The Kier molecular flexibility index (Phi) is 6.06. The Bertz CT molecular complexity index is 979. The number of aliphatic carboxylic acids is 2. The van der Waals surface area contributed by atoms with Gasteiger partial charge >= 0.3 is 11.9 Å². The number of hydrogen-bond acceptors (Lipinski definition) is 8. The summed E-state index contributed by atoms with van der Waals surface area (Å²) in [7, 11) is 0. The molecule has 1 amide bonds. The Morgan fingerprint density at radius 2 is 2.10 bits per heavy atom. The van der Waals surface area contributed by atoms with Crippen molar-refractivity contribution in [3.05, 3.63) is 35.3 Å². The molecule has 3 heterocycles. The summed E-state index contributed by atoms with van der Waals surface area (Å²) in [5, 5.41) is 30.5. The first-order chi connectivity index (χ1) is 14.2. The van der Waals surface area contributed by atoms with Gasteiger partial charge in [-0.2, -0.15) is 0 Å². The van der Waals surface area contributed by atoms with Gasteiger partial charge in [-0.25, -0.2) is 9.79 Å². The Hall–Kier alpha value is -3.80. The molecule has 160 valence electrons. The van der Waals surface area contributed by atoms with Crippen LogP contribution in [0.15, 0.2) is 27.6 Å². The lowest BCUT2D eigenvalue weighted by atomic mass is 10.1. The number of carbonyl (C=O) groups excluding carboxylic acids is 1. The van der Waals surface area contributed by atoms with E-state index in [1.807, 2.05) is 0 Å². The molecule has 0 bridgehead atoms. The van der Waals surface area contributed by atoms with Crippen LogP contribution in [-0.2, 0) is 16.0 Å². The van der Waals surface area contributed by atoms with Gasteiger partial charge in [-0.05, 0) is 24.6 Å². The molecule has 1 unspecified atom stereocenters. The number of aliphatic imine (C=N–C) groups is 1. The molecule has 0 saturated heterocycles. The Morgan fingerprint density at radius 3 is 2.80 bits per heavy atom. The van der Waals surface area contributed by atoms with E-state index in [1.165, 1.54) is 12.4 Å². The van der Waals surface area contributed by atoms with Crippen LogP contribution < -0.4 is 11.1 Å². The van der Waals surface area contributed by atoms with Crippen molar-refractivity contribution in [3.8, 4) is 0 Å². The molecule has 2 atom stereocenters. The van der Waals surface area contributed by atoms with Crippen molar-refractivity contribution in [3.63, 3.8) is 0 Å². The first kappa shape index (κ1) is 20.9. The van der Waals surface area contributed by atoms with Crippen molar-refractivity contribution >= 4 is 35.8 Å². The van der Waals surface area contributed by atoms with Gasteiger partial charge in [0, 0.05) is 24.9 Å². The summed E-state index contributed by atoms with van der Waals surface area (Å²) in [4.78, 5) is 42.6. The van der Waals surface area contributed by atoms with E-state index < -0.39 is 36.5 Å². The third-order valence-electron chi connectivity index (χ3n) is 4.53. The Balaban J connectivity index is 1.56. The van der Waals surface area contributed by atoms with Crippen molar-refractivity contribution < 1.29 is 34.1 Å². The average Bonchev–Trinajstić information content (AvgIpc) is 3.30. The fourth-order valence-corrected chi connectivity index (χ4v) is 2.97. The van der Waals surface area contributed by atoms with Gasteiger partial charge in [-0.15, -0.1) is 0 Å². The van der Waals surface area contributed by atoms with Crippen LogP contribution in [0.2, 0.25) is 0 Å². The van der Waals surface area contributed by atoms with Crippen LogP contribution in [0.1, 0.15) is 40.9 Å². The van der Waals surface area contributed by atoms with Gasteiger partial charge in [0.2, 0.25) is 0 Å². The molecule has 30 heavy (non-hydrogen) atoms. The number of carboxylic acid groups (broad SMARTS) is 2. The highest BCUT2D eigenvalue weighted by molar-refractivity contribution is 5.94. The molecule has 7 N–H and O–H groups in total. The molecule has 0 saturated carbocycles. The number of aromatic amines is 1. The van der Waals surface area contributed by atoms with Gasteiger partial charge < -0.3 is 40.7 Å². The fraction of sp³-hybridized carbons (Fsp3) is 0.333. The summed E-state index contributed by atoms with van der Waals surface area (Å²) in [6, 6.07) is 3.22. The zero-order valence-corrected chi connectivity index (χ0v) is 15.7. The second-order valence-electron chi connectivity index (χ2n) is 6.70. The van der Waals surface area contributed by atoms with Crippen LogP contribution in [0.5, 0.6) is 0 Å². The van der Waals surface area contributed by atoms with E-state index in [0.717, 1.165) is 0 Å². The number of hydrogen-bond donors (Lipinski definition) is 6. The number of furan rings is 1. The number of aliphatic hydroxyl groups is 1. The Labute approximate surface area is 170 Å². The largest absolute Gasteiger partial charge is 0.481 e. The first-order valence-corrected chi connectivity index (χ1v) is 9.05. The number of nitrogens with one attached hydrogen (secondary N) is 2. The summed E-state index contributed by atoms with van der Waals surface area (Å²) in [6.07, 6.45) is 0.234. The van der Waals surface area contributed by atoms with Gasteiger partial charge in [0.1, 0.15) is 23.4 Å². The summed E-state index contributed by atoms with van der Waals surface area (Å²) < 4.78 is 5.45. The molecule has 2 aromatic rings. The molecular weight excluding hydrogens is 398 g/mol. The maximum absolute atomic E-state index is 12.2. The van der Waals surface area contributed by atoms with Crippen molar-refractivity contribution in [2.75, 3.05) is 12.3 Å². The number of nitrogens with two attached hydrogens (primary N) is 1. The third-order valence-corrected chi connectivity index (χ3v) is 4.53. The van der Waals surface area contributed by atoms with Crippen LogP contribution in [0.25, 0.3) is 0 Å². The number of H-pyrrole nitrogens is 1. The zero-order valence-electron chi connectivity index (χ0n) is 15.7. The number of rotatable bonds is 9. The first-order valence-electron chi connectivity index (χ1n) is 9.05. The highest BCUT2D eigenvalue weighted by atomic mass is 16.4. The Morgan fingerprint density at radius 1 is 1.33 bits per heavy atom. The number of fused-ring (bicyclic) bond motifs is 1. The summed E-state index contributed by atoms with van der Waals surface area (Å²) in [6.45, 7) is 0.333. The summed E-state index contributed by atoms with van der Waals surface area (Å²) in [5.74, 6) is -2.02. The van der Waals surface area contributed by atoms with Crippen LogP contribution in [0, 0.1) is 0 Å². The number of carbonyl (C=O) groups is 3. The molecule has 2 aromatic heterocycles. The molecule has 0 aromatic carbocycles. The maximum atomic E-state index is 12.2. The van der Waals surface area contributed by atoms with Crippen molar-refractivity contribution in [2.24, 2.45) is 4.99 Å². The standard InChI is InChI=1S/C18H21N5O7/c19-13-7-10-15(22-13)20-8-23(17(10)27)6-5-9-1-3-12(30-9)16(26)21-11(18(28)29)2-4-14(24)25/h1,3,7-8,11,17,22,27H,2,4-6,19H2,(H,21,26)(H,24,25)(H,28,29)/t11-,17?/m0/s1. The van der Waals surface area contributed by atoms with Crippen LogP contribution in [-0.4, -0.2) is 62.0 Å². The summed E-state index contributed by atoms with van der Waals surface area (Å²) in [5.41, 5.74) is 6.22. The number of anilines is 1. The molecule has 0 aliphatic carbocycles. The van der Waals surface area contributed by atoms with E-state index >= 15 is 0 Å². The van der Waals surface area contributed by atoms with Gasteiger partial charge in [0.25, 0.3) is 5.91 Å². The minimum atomic E-state index is -1.34. The van der Waals surface area contributed by atoms with Gasteiger partial charge in [-0.3, -0.25) is 9.59 Å². The molecule has 1 aliphatic heterocycles. The lowest BCUT2D eigenvalue weighted by molar-refractivity contribution is -0.140. The maximum Gasteiger partial charge on any atom is 0.326 e. The van der Waals surface area contributed by atoms with Crippen LogP contribution >= 0.6 is 0 Å². The van der Waals surface area contributed by atoms with Crippen molar-refractivity contribution in [1.82, 2.24) is 15.2 Å². The van der Waals surface area contributed by atoms with Crippen LogP contribution in [0.4, 0.5) is 11.6 Å². The lowest BCUT2D eigenvalue weighted by Crippen LogP contribution is -2.41. The fourth-order valence-electron chi connectivity index (χ4n) is 2.97. The molecule has 0 radical (unpaired) electrons. The van der Waals surface area contributed by atoms with Gasteiger partial charge in [-0.1, -0.05) is 0 Å². The summed E-state index contributed by atoms with van der Waals surface area (Å²) >= 11 is 0. The van der Waals surface area contributed by atoms with Crippen LogP contribution in [0.3, 0.4) is 0 Å². The molecular formula is C18H21N5O7. The quantitative estimate of drug-likeness (QED) is 0.334. The monoisotopic (exact) mass is 419 g/mol. The van der Waals surface area contributed by atoms with E-state index in [9.17, 15) is 19.5 Å². The number of amides is 1. The highest BCUT2D eigenvalue weighted by Gasteiger charge is 2.25. The number of carboxylic acids is 2. The second-order valence-corrected chi connectivity index (χ2v) is 6.70. The third kappa shape index (κ3) is 4.78. The number of aromatic nitrogens is 1. The van der Waals surface area contributed by atoms with Gasteiger partial charge in [0.15, 0.2) is 12.0 Å². The number of nitrogen functional groups attached to an aromatic ring is 1. The average molecular weight is 419 g/mol. The topological polar surface area (TPSA) is 194 Å². The van der Waals surface area contributed by atoms with Gasteiger partial charge in [0.05, 0.1) is 6.34 Å². The normalized spacial score (nSPS) is 16.2. The smallest absolute Gasteiger partial charge is 0.326 e. The minimum Gasteiger partial charge on any atom is -0.481 e. The second kappa shape index (κ2) is 8.69. The number of aliphatic hydroxyl groups excluding tert-OH is 1. The molecule has 0 spiro atoms. The SMILES string of the molecule is Nc1cc2c([nH]1)N=CN(CCc1ccc(C(=O)N[C@@H](CCC(=O)O)C(=O)O)o1)C2O. The van der Waals surface area contributed by atoms with Crippen molar-refractivity contribution in [2.45, 2.75) is 31.5 Å². The molecule has 0 fully saturated rings. The predicted octanol–water partition coefficient (Wildman–Crippen LogP) is 0.447. The molecule has 12 nitrogen and oxygen atoms in total.